The number of hydrogen-bond acceptors (Lipinski definition) is 7. The summed E-state index contributed by atoms with van der Waals surface area (Å²) in [6.07, 6.45) is 3.48. The molecule has 23 heavy (non-hydrogen) atoms. The van der Waals surface area contributed by atoms with Crippen LogP contribution in [0.4, 0.5) is 5.82 Å². The molecule has 9 heteroatoms. The van der Waals surface area contributed by atoms with Crippen LogP contribution in [0.15, 0.2) is 6.20 Å². The highest BCUT2D eigenvalue weighted by Gasteiger charge is 2.15. The van der Waals surface area contributed by atoms with Crippen LogP contribution < -0.4 is 11.1 Å². The van der Waals surface area contributed by atoms with Gasteiger partial charge in [0.15, 0.2) is 0 Å². The van der Waals surface area contributed by atoms with Gasteiger partial charge in [-0.1, -0.05) is 0 Å². The second-order valence-corrected chi connectivity index (χ2v) is 6.56. The summed E-state index contributed by atoms with van der Waals surface area (Å²) in [5, 5.41) is 14.1. The molecule has 0 spiro atoms. The monoisotopic (exact) mass is 344 g/mol. The van der Waals surface area contributed by atoms with E-state index < -0.39 is 4.92 Å². The van der Waals surface area contributed by atoms with E-state index in [-0.39, 0.29) is 5.82 Å². The molecule has 1 aromatic heterocycles. The topological polar surface area (TPSA) is 102 Å². The lowest BCUT2D eigenvalue weighted by molar-refractivity contribution is -0.391. The third-order valence-electron chi connectivity index (χ3n) is 3.54. The van der Waals surface area contributed by atoms with E-state index in [1.165, 1.54) is 10.8 Å². The van der Waals surface area contributed by atoms with Crippen LogP contribution >= 0.6 is 11.8 Å². The van der Waals surface area contributed by atoms with Gasteiger partial charge in [-0.25, -0.2) is 9.55 Å². The van der Waals surface area contributed by atoms with Crippen molar-refractivity contribution in [1.29, 1.82) is 0 Å². The largest absolute Gasteiger partial charge is 0.358 e. The van der Waals surface area contributed by atoms with Crippen molar-refractivity contribution in [2.45, 2.75) is 18.6 Å². The van der Waals surface area contributed by atoms with Crippen molar-refractivity contribution in [1.82, 2.24) is 19.8 Å². The molecule has 1 aromatic rings. The molecule has 0 bridgehead atoms. The summed E-state index contributed by atoms with van der Waals surface area (Å²) in [6, 6.07) is 0. The fourth-order valence-corrected chi connectivity index (χ4v) is 3.00. The molecule has 8 nitrogen and oxygen atoms in total. The van der Waals surface area contributed by atoms with E-state index in [9.17, 15) is 10.1 Å². The van der Waals surface area contributed by atoms with Crippen molar-refractivity contribution in [3.05, 3.63) is 22.1 Å². The Morgan fingerprint density at radius 1 is 1.43 bits per heavy atom. The number of rotatable bonds is 13. The highest BCUT2D eigenvalue weighted by atomic mass is 32.2. The maximum atomic E-state index is 10.7. The average molecular weight is 344 g/mol. The molecule has 0 atom stereocenters. The Morgan fingerprint density at radius 2 is 2.17 bits per heavy atom. The predicted molar refractivity (Wildman–Crippen MR) is 94.7 cm³/mol. The number of aromatic nitrogens is 2. The first kappa shape index (κ1) is 19.9. The van der Waals surface area contributed by atoms with Gasteiger partial charge in [0.2, 0.25) is 5.82 Å². The van der Waals surface area contributed by atoms with Gasteiger partial charge in [-0.3, -0.25) is 0 Å². The molecule has 0 saturated heterocycles. The minimum absolute atomic E-state index is 0.0393. The average Bonchev–Trinajstić information content (AvgIpc) is 2.89. The molecular weight excluding hydrogens is 316 g/mol. The van der Waals surface area contributed by atoms with Gasteiger partial charge in [-0.15, -0.1) is 0 Å². The molecular formula is C14H28N6O2S. The van der Waals surface area contributed by atoms with Crippen LogP contribution in [-0.2, 0) is 12.8 Å². The summed E-state index contributed by atoms with van der Waals surface area (Å²) in [6.45, 7) is 4.82. The van der Waals surface area contributed by atoms with Gasteiger partial charge >= 0.3 is 5.82 Å². The van der Waals surface area contributed by atoms with Crippen LogP contribution in [-0.4, -0.2) is 64.9 Å². The van der Waals surface area contributed by atoms with Crippen LogP contribution in [0, 0.1) is 10.1 Å². The number of nitro groups is 1. The highest BCUT2D eigenvalue weighted by molar-refractivity contribution is 7.98. The molecule has 0 aliphatic heterocycles. The van der Waals surface area contributed by atoms with Crippen LogP contribution in [0.25, 0.3) is 0 Å². The first-order valence-corrected chi connectivity index (χ1v) is 9.03. The summed E-state index contributed by atoms with van der Waals surface area (Å²) < 4.78 is 1.54. The van der Waals surface area contributed by atoms with Gasteiger partial charge < -0.3 is 26.1 Å². The van der Waals surface area contributed by atoms with Gasteiger partial charge in [-0.2, -0.15) is 11.8 Å². The number of thioether (sulfide) groups is 1. The number of nitrogens with two attached hydrogens (primary N) is 1. The lowest BCUT2D eigenvalue weighted by Gasteiger charge is -2.15. The van der Waals surface area contributed by atoms with Gasteiger partial charge in [0, 0.05) is 12.3 Å². The van der Waals surface area contributed by atoms with Gasteiger partial charge in [0.25, 0.3) is 0 Å². The molecule has 0 radical (unpaired) electrons. The Morgan fingerprint density at radius 3 is 2.83 bits per heavy atom. The van der Waals surface area contributed by atoms with Crippen molar-refractivity contribution >= 4 is 17.6 Å². The zero-order valence-corrected chi connectivity index (χ0v) is 14.8. The Balaban J connectivity index is 2.03. The number of nitrogens with zero attached hydrogens (tertiary/aromatic N) is 4. The fraction of sp³-hybridized carbons (Fsp3) is 0.786. The number of hydrogen-bond donors (Lipinski definition) is 2. The summed E-state index contributed by atoms with van der Waals surface area (Å²) >= 11 is 1.73. The maximum absolute atomic E-state index is 10.7. The number of nitrogens with one attached hydrogen (secondary N) is 1. The molecule has 1 heterocycles. The van der Waals surface area contributed by atoms with Gasteiger partial charge in [0.05, 0.1) is 12.8 Å². The zero-order valence-electron chi connectivity index (χ0n) is 14.0. The normalized spacial score (nSPS) is 11.3. The van der Waals surface area contributed by atoms with E-state index in [2.05, 4.69) is 22.2 Å². The van der Waals surface area contributed by atoms with E-state index >= 15 is 0 Å². The molecule has 0 unspecified atom stereocenters. The van der Waals surface area contributed by atoms with Crippen LogP contribution in [0.5, 0.6) is 0 Å². The van der Waals surface area contributed by atoms with Crippen LogP contribution in [0.1, 0.15) is 18.7 Å². The van der Waals surface area contributed by atoms with Crippen LogP contribution in [0.2, 0.25) is 0 Å². The molecule has 132 valence electrons. The first-order chi connectivity index (χ1) is 11.1. The van der Waals surface area contributed by atoms with E-state index in [4.69, 9.17) is 5.73 Å². The van der Waals surface area contributed by atoms with E-state index in [0.29, 0.717) is 5.75 Å². The molecule has 0 aliphatic carbocycles. The third-order valence-corrected chi connectivity index (χ3v) is 4.49. The summed E-state index contributed by atoms with van der Waals surface area (Å²) in [7, 11) is 3.80. The lowest BCUT2D eigenvalue weighted by atomic mass is 10.3. The SMILES string of the molecule is CN(CCCN)CCCNCCSCc1ncc([N+](=O)[O-])n1C. The first-order valence-electron chi connectivity index (χ1n) is 7.88. The molecule has 3 N–H and O–H groups in total. The lowest BCUT2D eigenvalue weighted by Crippen LogP contribution is -2.27. The molecule has 0 aromatic carbocycles. The van der Waals surface area contributed by atoms with Crippen molar-refractivity contribution in [2.75, 3.05) is 45.5 Å². The quantitative estimate of drug-likeness (QED) is 0.310. The fourth-order valence-electron chi connectivity index (χ4n) is 2.12. The van der Waals surface area contributed by atoms with Crippen molar-refractivity contribution in [3.8, 4) is 0 Å². The predicted octanol–water partition coefficient (Wildman–Crippen LogP) is 0.822. The molecule has 1 rings (SSSR count). The summed E-state index contributed by atoms with van der Waals surface area (Å²) in [5.41, 5.74) is 5.49. The van der Waals surface area contributed by atoms with Crippen molar-refractivity contribution in [3.63, 3.8) is 0 Å². The van der Waals surface area contributed by atoms with Crippen molar-refractivity contribution < 1.29 is 4.92 Å². The minimum Gasteiger partial charge on any atom is -0.358 e. The number of imidazole rings is 1. The van der Waals surface area contributed by atoms with Crippen molar-refractivity contribution in [2.24, 2.45) is 12.8 Å². The van der Waals surface area contributed by atoms with Crippen LogP contribution in [0.3, 0.4) is 0 Å². The summed E-state index contributed by atoms with van der Waals surface area (Å²) in [4.78, 5) is 16.7. The third kappa shape index (κ3) is 7.78. The minimum atomic E-state index is -0.409. The van der Waals surface area contributed by atoms with E-state index in [1.807, 2.05) is 0 Å². The standard InChI is InChI=1S/C14H28N6O2S/c1-18(8-3-5-15)9-4-6-16-7-10-23-12-13-17-11-14(19(13)2)20(21)22/h11,16H,3-10,12,15H2,1-2H3. The second kappa shape index (κ2) is 11.4. The molecule has 0 saturated carbocycles. The summed E-state index contributed by atoms with van der Waals surface area (Å²) in [5.74, 6) is 2.43. The second-order valence-electron chi connectivity index (χ2n) is 5.45. The highest BCUT2D eigenvalue weighted by Crippen LogP contribution is 2.16. The van der Waals surface area contributed by atoms with E-state index in [0.717, 1.165) is 57.1 Å². The van der Waals surface area contributed by atoms with Gasteiger partial charge in [-0.05, 0) is 51.0 Å². The maximum Gasteiger partial charge on any atom is 0.342 e. The molecule has 0 fully saturated rings. The Bertz CT molecular complexity index is 468. The van der Waals surface area contributed by atoms with Gasteiger partial charge in [0.1, 0.15) is 6.20 Å². The van der Waals surface area contributed by atoms with E-state index in [1.54, 1.807) is 18.8 Å². The zero-order chi connectivity index (χ0) is 17.1. The Hall–Kier alpha value is -1.16. The smallest absolute Gasteiger partial charge is 0.342 e. The molecule has 0 amide bonds. The molecule has 0 aliphatic rings. The Kier molecular flexibility index (Phi) is 9.85. The Labute approximate surface area is 142 Å².